The number of esters is 1. The zero-order valence-electron chi connectivity index (χ0n) is 14.4. The number of carbonyl (C=O) groups excluding carboxylic acids is 1. The van der Waals surface area contributed by atoms with Crippen LogP contribution in [0.1, 0.15) is 23.0 Å². The number of rotatable bonds is 5. The number of fused-ring (bicyclic) bond motifs is 1. The fourth-order valence-electron chi connectivity index (χ4n) is 2.74. The zero-order valence-corrected chi connectivity index (χ0v) is 14.4. The van der Waals surface area contributed by atoms with Crippen LogP contribution in [0.15, 0.2) is 51.7 Å². The highest BCUT2D eigenvalue weighted by Gasteiger charge is 2.17. The summed E-state index contributed by atoms with van der Waals surface area (Å²) < 4.78 is 15.9. The molecule has 0 fully saturated rings. The van der Waals surface area contributed by atoms with Crippen LogP contribution in [0.2, 0.25) is 0 Å². The van der Waals surface area contributed by atoms with Gasteiger partial charge in [0.15, 0.2) is 0 Å². The maximum Gasteiger partial charge on any atom is 0.338 e. The lowest BCUT2D eigenvalue weighted by Crippen LogP contribution is -2.10. The van der Waals surface area contributed by atoms with Crippen molar-refractivity contribution in [3.63, 3.8) is 0 Å². The number of ether oxygens (including phenoxy) is 2. The summed E-state index contributed by atoms with van der Waals surface area (Å²) in [5, 5.41) is 9.97. The Balaban J connectivity index is 2.15. The molecule has 0 spiro atoms. The fourth-order valence-corrected chi connectivity index (χ4v) is 2.74. The number of carbonyl (C=O) groups is 1. The summed E-state index contributed by atoms with van der Waals surface area (Å²) in [6, 6.07) is 10.9. The van der Waals surface area contributed by atoms with Gasteiger partial charge in [-0.25, -0.2) is 4.79 Å². The van der Waals surface area contributed by atoms with Gasteiger partial charge in [-0.05, 0) is 36.8 Å². The van der Waals surface area contributed by atoms with Crippen LogP contribution in [-0.2, 0) is 16.1 Å². The third kappa shape index (κ3) is 3.32. The van der Waals surface area contributed by atoms with Gasteiger partial charge in [-0.1, -0.05) is 12.1 Å². The van der Waals surface area contributed by atoms with E-state index in [-0.39, 0.29) is 23.4 Å². The van der Waals surface area contributed by atoms with Gasteiger partial charge in [0, 0.05) is 13.2 Å². The number of phenolic OH excluding ortho intramolecular Hbond substituents is 1. The predicted molar refractivity (Wildman–Crippen MR) is 96.3 cm³/mol. The van der Waals surface area contributed by atoms with Crippen LogP contribution in [0.3, 0.4) is 0 Å². The Labute approximate surface area is 149 Å². The number of methoxy groups -OCH3 is 1. The molecule has 0 amide bonds. The summed E-state index contributed by atoms with van der Waals surface area (Å²) in [4.78, 5) is 24.8. The van der Waals surface area contributed by atoms with Gasteiger partial charge in [0.05, 0.1) is 23.1 Å². The minimum atomic E-state index is -0.419. The topological polar surface area (TPSA) is 86.0 Å². The highest BCUT2D eigenvalue weighted by Crippen LogP contribution is 2.27. The first-order valence-electron chi connectivity index (χ1n) is 8.10. The molecular formula is C20H18O6. The SMILES string of the molecule is CCOC(=O)c1ccc(-c2c(COC)oc3cc(O)ccc3c2=O)cc1. The molecule has 1 N–H and O–H groups in total. The number of aromatic hydroxyl groups is 1. The van der Waals surface area contributed by atoms with Gasteiger partial charge in [0.2, 0.25) is 5.43 Å². The van der Waals surface area contributed by atoms with Crippen molar-refractivity contribution in [1.82, 2.24) is 0 Å². The van der Waals surface area contributed by atoms with E-state index in [0.717, 1.165) is 0 Å². The molecule has 1 aromatic heterocycles. The summed E-state index contributed by atoms with van der Waals surface area (Å²) in [5.41, 5.74) is 1.42. The van der Waals surface area contributed by atoms with E-state index in [1.54, 1.807) is 31.2 Å². The van der Waals surface area contributed by atoms with Crippen LogP contribution in [0.4, 0.5) is 0 Å². The van der Waals surface area contributed by atoms with E-state index >= 15 is 0 Å². The van der Waals surface area contributed by atoms with Gasteiger partial charge in [-0.15, -0.1) is 0 Å². The molecule has 3 aromatic rings. The van der Waals surface area contributed by atoms with Crippen LogP contribution >= 0.6 is 0 Å². The second-order valence-corrected chi connectivity index (χ2v) is 5.64. The van der Waals surface area contributed by atoms with Gasteiger partial charge < -0.3 is 19.0 Å². The van der Waals surface area contributed by atoms with Crippen molar-refractivity contribution in [3.8, 4) is 16.9 Å². The molecule has 26 heavy (non-hydrogen) atoms. The van der Waals surface area contributed by atoms with Gasteiger partial charge in [-0.3, -0.25) is 4.79 Å². The molecule has 0 atom stereocenters. The predicted octanol–water partition coefficient (Wildman–Crippen LogP) is 3.49. The summed E-state index contributed by atoms with van der Waals surface area (Å²) in [7, 11) is 1.50. The van der Waals surface area contributed by atoms with Gasteiger partial charge >= 0.3 is 5.97 Å². The van der Waals surface area contributed by atoms with Crippen molar-refractivity contribution < 1.29 is 23.8 Å². The molecule has 0 bridgehead atoms. The van der Waals surface area contributed by atoms with Crippen molar-refractivity contribution in [2.45, 2.75) is 13.5 Å². The zero-order chi connectivity index (χ0) is 18.7. The van der Waals surface area contributed by atoms with Crippen LogP contribution in [0.5, 0.6) is 5.75 Å². The lowest BCUT2D eigenvalue weighted by atomic mass is 10.0. The molecule has 6 nitrogen and oxygen atoms in total. The summed E-state index contributed by atoms with van der Waals surface area (Å²) in [5.74, 6) is -0.0628. The van der Waals surface area contributed by atoms with E-state index in [4.69, 9.17) is 13.9 Å². The number of benzene rings is 2. The van der Waals surface area contributed by atoms with Crippen LogP contribution in [-0.4, -0.2) is 24.8 Å². The Kier molecular flexibility index (Phi) is 5.04. The van der Waals surface area contributed by atoms with Crippen LogP contribution in [0.25, 0.3) is 22.1 Å². The largest absolute Gasteiger partial charge is 0.508 e. The number of phenols is 1. The molecule has 0 unspecified atom stereocenters. The average Bonchev–Trinajstić information content (AvgIpc) is 2.62. The quantitative estimate of drug-likeness (QED) is 0.706. The highest BCUT2D eigenvalue weighted by molar-refractivity contribution is 5.90. The minimum Gasteiger partial charge on any atom is -0.508 e. The number of hydrogen-bond acceptors (Lipinski definition) is 6. The third-order valence-corrected chi connectivity index (χ3v) is 3.91. The molecule has 6 heteroatoms. The summed E-state index contributed by atoms with van der Waals surface area (Å²) in [6.07, 6.45) is 0. The van der Waals surface area contributed by atoms with E-state index in [2.05, 4.69) is 0 Å². The van der Waals surface area contributed by atoms with Gasteiger partial charge in [0.25, 0.3) is 0 Å². The molecule has 0 aliphatic heterocycles. The Morgan fingerprint density at radius 2 is 1.88 bits per heavy atom. The standard InChI is InChI=1S/C20H18O6/c1-3-25-20(23)13-6-4-12(5-7-13)18-17(11-24-2)26-16-10-14(21)8-9-15(16)19(18)22/h4-10,21H,3,11H2,1-2H3. The Hall–Kier alpha value is -3.12. The Morgan fingerprint density at radius 1 is 1.15 bits per heavy atom. The molecule has 134 valence electrons. The second-order valence-electron chi connectivity index (χ2n) is 5.64. The van der Waals surface area contributed by atoms with Crippen molar-refractivity contribution in [3.05, 3.63) is 64.0 Å². The molecule has 1 heterocycles. The average molecular weight is 354 g/mol. The Bertz CT molecular complexity index is 1000. The molecule has 0 radical (unpaired) electrons. The normalized spacial score (nSPS) is 10.8. The van der Waals surface area contributed by atoms with E-state index in [1.807, 2.05) is 0 Å². The minimum absolute atomic E-state index is 0.00977. The smallest absolute Gasteiger partial charge is 0.338 e. The van der Waals surface area contributed by atoms with E-state index in [9.17, 15) is 14.7 Å². The fraction of sp³-hybridized carbons (Fsp3) is 0.200. The second kappa shape index (κ2) is 7.41. The number of hydrogen-bond donors (Lipinski definition) is 1. The first-order chi connectivity index (χ1) is 12.5. The molecular weight excluding hydrogens is 336 g/mol. The molecule has 0 aliphatic carbocycles. The first kappa shape index (κ1) is 17.7. The molecule has 0 saturated heterocycles. The lowest BCUT2D eigenvalue weighted by molar-refractivity contribution is 0.0526. The lowest BCUT2D eigenvalue weighted by Gasteiger charge is -2.10. The van der Waals surface area contributed by atoms with Crippen molar-refractivity contribution in [1.29, 1.82) is 0 Å². The first-order valence-corrected chi connectivity index (χ1v) is 8.10. The van der Waals surface area contributed by atoms with Gasteiger partial charge in [-0.2, -0.15) is 0 Å². The highest BCUT2D eigenvalue weighted by atomic mass is 16.5. The summed E-state index contributed by atoms with van der Waals surface area (Å²) in [6.45, 7) is 2.12. The van der Waals surface area contributed by atoms with Crippen molar-refractivity contribution >= 4 is 16.9 Å². The third-order valence-electron chi connectivity index (χ3n) is 3.91. The van der Waals surface area contributed by atoms with Crippen molar-refractivity contribution in [2.75, 3.05) is 13.7 Å². The Morgan fingerprint density at radius 3 is 2.54 bits per heavy atom. The molecule has 0 aliphatic rings. The molecule has 0 saturated carbocycles. The van der Waals surface area contributed by atoms with E-state index < -0.39 is 5.97 Å². The van der Waals surface area contributed by atoms with Crippen LogP contribution < -0.4 is 5.43 Å². The summed E-state index contributed by atoms with van der Waals surface area (Å²) >= 11 is 0. The molecule has 3 rings (SSSR count). The maximum atomic E-state index is 13.0. The van der Waals surface area contributed by atoms with E-state index in [1.165, 1.54) is 25.3 Å². The van der Waals surface area contributed by atoms with E-state index in [0.29, 0.717) is 34.4 Å². The molecule has 2 aromatic carbocycles. The monoisotopic (exact) mass is 354 g/mol. The van der Waals surface area contributed by atoms with Gasteiger partial charge in [0.1, 0.15) is 23.7 Å². The van der Waals surface area contributed by atoms with Crippen LogP contribution in [0, 0.1) is 0 Å². The maximum absolute atomic E-state index is 13.0. The van der Waals surface area contributed by atoms with Crippen molar-refractivity contribution in [2.24, 2.45) is 0 Å².